The van der Waals surface area contributed by atoms with Crippen LogP contribution in [0.25, 0.3) is 5.32 Å². The second-order valence-electron chi connectivity index (χ2n) is 6.75. The van der Waals surface area contributed by atoms with Gasteiger partial charge in [-0.3, -0.25) is 9.59 Å². The molecule has 0 radical (unpaired) electrons. The molecule has 6 heteroatoms. The van der Waals surface area contributed by atoms with Crippen LogP contribution in [-0.2, 0) is 38.5 Å². The van der Waals surface area contributed by atoms with Crippen molar-refractivity contribution >= 4 is 17.6 Å². The molecule has 0 aliphatic carbocycles. The van der Waals surface area contributed by atoms with Gasteiger partial charge in [0.25, 0.3) is 0 Å². The summed E-state index contributed by atoms with van der Waals surface area (Å²) >= 11 is 0. The minimum absolute atomic E-state index is 0. The number of ether oxygens (including phenoxy) is 2. The minimum Gasteiger partial charge on any atom is -0.677 e. The van der Waals surface area contributed by atoms with Gasteiger partial charge in [-0.05, 0) is 12.8 Å². The monoisotopic (exact) mass is 475 g/mol. The maximum absolute atomic E-state index is 13.1. The van der Waals surface area contributed by atoms with Crippen LogP contribution in [0.3, 0.4) is 0 Å². The Morgan fingerprint density at radius 3 is 1.97 bits per heavy atom. The van der Waals surface area contributed by atoms with Gasteiger partial charge in [0.05, 0.1) is 19.6 Å². The van der Waals surface area contributed by atoms with Crippen LogP contribution < -0.4 is 0 Å². The normalized spacial score (nSPS) is 12.7. The van der Waals surface area contributed by atoms with Crippen LogP contribution in [0.5, 0.6) is 0 Å². The first-order valence-corrected chi connectivity index (χ1v) is 10.2. The molecule has 0 N–H and O–H groups in total. The fourth-order valence-electron chi connectivity index (χ4n) is 3.61. The molecule has 5 nitrogen and oxygen atoms in total. The van der Waals surface area contributed by atoms with Crippen molar-refractivity contribution in [2.24, 2.45) is 5.41 Å². The van der Waals surface area contributed by atoms with Gasteiger partial charge >= 0.3 is 31.4 Å². The van der Waals surface area contributed by atoms with Crippen molar-refractivity contribution in [3.63, 3.8) is 0 Å². The van der Waals surface area contributed by atoms with Crippen molar-refractivity contribution in [1.29, 1.82) is 0 Å². The molecule has 0 fully saturated rings. The zero-order valence-electron chi connectivity index (χ0n) is 19.2. The van der Waals surface area contributed by atoms with Crippen molar-refractivity contribution in [2.75, 3.05) is 14.2 Å². The molecule has 2 aromatic carbocycles. The summed E-state index contributed by atoms with van der Waals surface area (Å²) in [5.74, 6) is -0.706. The Bertz CT molecular complexity index is 755. The Morgan fingerprint density at radius 1 is 0.935 bits per heavy atom. The molecule has 31 heavy (non-hydrogen) atoms. The molecule has 0 saturated carbocycles. The number of nitrogens with zero attached hydrogens (tertiary/aromatic N) is 1. The van der Waals surface area contributed by atoms with E-state index in [-0.39, 0.29) is 37.8 Å². The van der Waals surface area contributed by atoms with E-state index < -0.39 is 11.5 Å². The summed E-state index contributed by atoms with van der Waals surface area (Å²) in [7, 11) is 2.74. The van der Waals surface area contributed by atoms with E-state index in [4.69, 9.17) is 14.8 Å². The summed E-state index contributed by atoms with van der Waals surface area (Å²) in [6.45, 7) is 7.01. The standard InChI is InChI=1S/C23H28NO4.C2H5.Zn/c1-4-16-23(22(26)28-3,17-15-20(25)27-2)21(18-11-7-5-8-12-18)24-19-13-9-6-10-14-19;1-2;/h5-14,21H,4,15-17H2,1-3H3;1H2,2H3;/q2*-1;+2/t21-,23-;;/m0../s1. The fourth-order valence-corrected chi connectivity index (χ4v) is 3.61. The van der Waals surface area contributed by atoms with Crippen molar-refractivity contribution in [2.45, 2.75) is 45.6 Å². The van der Waals surface area contributed by atoms with Gasteiger partial charge in [0.1, 0.15) is 0 Å². The van der Waals surface area contributed by atoms with Gasteiger partial charge in [-0.25, -0.2) is 0 Å². The molecule has 0 aliphatic rings. The van der Waals surface area contributed by atoms with E-state index in [2.05, 4.69) is 6.92 Å². The number of para-hydroxylation sites is 1. The van der Waals surface area contributed by atoms with Gasteiger partial charge in [-0.15, -0.1) is 5.69 Å². The third-order valence-corrected chi connectivity index (χ3v) is 4.96. The smallest absolute Gasteiger partial charge is 0.677 e. The number of esters is 2. The molecule has 0 saturated heterocycles. The van der Waals surface area contributed by atoms with Crippen LogP contribution in [0.4, 0.5) is 5.69 Å². The molecule has 2 rings (SSSR count). The van der Waals surface area contributed by atoms with Crippen LogP contribution in [0.1, 0.15) is 51.1 Å². The zero-order valence-corrected chi connectivity index (χ0v) is 22.1. The first-order valence-electron chi connectivity index (χ1n) is 10.2. The van der Waals surface area contributed by atoms with E-state index in [0.29, 0.717) is 12.8 Å². The molecule has 0 spiro atoms. The van der Waals surface area contributed by atoms with Crippen molar-refractivity contribution in [3.8, 4) is 0 Å². The van der Waals surface area contributed by atoms with Crippen LogP contribution in [0, 0.1) is 12.3 Å². The largest absolute Gasteiger partial charge is 2.00 e. The first kappa shape index (κ1) is 28.8. The predicted molar refractivity (Wildman–Crippen MR) is 120 cm³/mol. The van der Waals surface area contributed by atoms with Crippen molar-refractivity contribution in [1.82, 2.24) is 0 Å². The van der Waals surface area contributed by atoms with Crippen molar-refractivity contribution in [3.05, 3.63) is 78.5 Å². The molecule has 164 valence electrons. The number of carbonyl (C=O) groups excluding carboxylic acids is 2. The Labute approximate surface area is 199 Å². The summed E-state index contributed by atoms with van der Waals surface area (Å²) in [5, 5.41) is 4.94. The molecular formula is C25H33NO4Zn. The Hall–Kier alpha value is -2.20. The molecule has 0 aromatic heterocycles. The summed E-state index contributed by atoms with van der Waals surface area (Å²) in [4.78, 5) is 25.0. The van der Waals surface area contributed by atoms with E-state index in [1.807, 2.05) is 67.6 Å². The molecule has 0 unspecified atom stereocenters. The Balaban J connectivity index is 0.00000291. The number of carbonyl (C=O) groups is 2. The van der Waals surface area contributed by atoms with Gasteiger partial charge in [0.2, 0.25) is 0 Å². The summed E-state index contributed by atoms with van der Waals surface area (Å²) in [5.41, 5.74) is 0.725. The molecule has 2 aromatic rings. The SMILES string of the molecule is CCC[C@@](CCC(=O)OC)(C(=O)OC)[C@@H]([N-]c1ccccc1)c1ccccc1.[CH2-]C.[Zn+2]. The molecular weight excluding hydrogens is 444 g/mol. The zero-order chi connectivity index (χ0) is 22.4. The maximum atomic E-state index is 13.1. The number of methoxy groups -OCH3 is 2. The maximum Gasteiger partial charge on any atom is 2.00 e. The van der Waals surface area contributed by atoms with E-state index in [1.54, 1.807) is 6.92 Å². The van der Waals surface area contributed by atoms with E-state index in [1.165, 1.54) is 14.2 Å². The van der Waals surface area contributed by atoms with E-state index in [0.717, 1.165) is 17.7 Å². The molecule has 0 bridgehead atoms. The Kier molecular flexibility index (Phi) is 14.5. The number of hydrogen-bond donors (Lipinski definition) is 0. The summed E-state index contributed by atoms with van der Waals surface area (Å²) < 4.78 is 10.0. The molecule has 2 atom stereocenters. The minimum atomic E-state index is -0.963. The topological polar surface area (TPSA) is 66.7 Å². The number of rotatable bonds is 10. The number of hydrogen-bond acceptors (Lipinski definition) is 4. The average molecular weight is 477 g/mol. The molecule has 0 amide bonds. The van der Waals surface area contributed by atoms with Crippen LogP contribution in [-0.4, -0.2) is 26.2 Å². The third-order valence-electron chi connectivity index (χ3n) is 4.96. The van der Waals surface area contributed by atoms with Crippen LogP contribution in [0.15, 0.2) is 60.7 Å². The summed E-state index contributed by atoms with van der Waals surface area (Å²) in [6.07, 6.45) is 1.73. The molecule has 0 heterocycles. The Morgan fingerprint density at radius 2 is 1.48 bits per heavy atom. The second kappa shape index (κ2) is 15.6. The van der Waals surface area contributed by atoms with Crippen LogP contribution >= 0.6 is 0 Å². The number of benzene rings is 2. The third kappa shape index (κ3) is 8.10. The van der Waals surface area contributed by atoms with E-state index in [9.17, 15) is 9.59 Å². The average Bonchev–Trinajstić information content (AvgIpc) is 2.82. The van der Waals surface area contributed by atoms with Gasteiger partial charge in [-0.2, -0.15) is 6.92 Å². The predicted octanol–water partition coefficient (Wildman–Crippen LogP) is 6.18. The molecule has 0 aliphatic heterocycles. The summed E-state index contributed by atoms with van der Waals surface area (Å²) in [6, 6.07) is 18.8. The van der Waals surface area contributed by atoms with Gasteiger partial charge < -0.3 is 21.7 Å². The first-order chi connectivity index (χ1) is 14.6. The van der Waals surface area contributed by atoms with Gasteiger partial charge in [0.15, 0.2) is 0 Å². The fraction of sp³-hybridized carbons (Fsp3) is 0.400. The quantitative estimate of drug-likeness (QED) is 0.233. The van der Waals surface area contributed by atoms with Gasteiger partial charge in [-0.1, -0.05) is 85.6 Å². The second-order valence-corrected chi connectivity index (χ2v) is 6.75. The van der Waals surface area contributed by atoms with E-state index >= 15 is 0 Å². The van der Waals surface area contributed by atoms with Crippen LogP contribution in [0.2, 0.25) is 0 Å². The van der Waals surface area contributed by atoms with Crippen molar-refractivity contribution < 1.29 is 38.5 Å². The van der Waals surface area contributed by atoms with Gasteiger partial charge in [0, 0.05) is 6.42 Å².